The fourth-order valence-electron chi connectivity index (χ4n) is 5.14. The first kappa shape index (κ1) is 23.8. The lowest BCUT2D eigenvalue weighted by atomic mass is 9.98. The van der Waals surface area contributed by atoms with Gasteiger partial charge in [-0.2, -0.15) is 0 Å². The molecule has 0 saturated heterocycles. The number of carboxylic acids is 1. The molecule has 2 aliphatic rings. The minimum Gasteiger partial charge on any atom is -0.480 e. The first-order valence-electron chi connectivity index (χ1n) is 12.0. The van der Waals surface area contributed by atoms with E-state index in [-0.39, 0.29) is 36.3 Å². The largest absolute Gasteiger partial charge is 0.480 e. The molecule has 0 radical (unpaired) electrons. The van der Waals surface area contributed by atoms with Crippen molar-refractivity contribution >= 4 is 18.0 Å². The molecule has 1 fully saturated rings. The van der Waals surface area contributed by atoms with Crippen LogP contribution in [0.25, 0.3) is 11.1 Å². The van der Waals surface area contributed by atoms with E-state index in [0.717, 1.165) is 11.1 Å². The second-order valence-electron chi connectivity index (χ2n) is 9.71. The fourth-order valence-corrected chi connectivity index (χ4v) is 5.14. The average molecular weight is 465 g/mol. The molecule has 1 saturated carbocycles. The molecule has 34 heavy (non-hydrogen) atoms. The molecule has 3 N–H and O–H groups in total. The van der Waals surface area contributed by atoms with Crippen LogP contribution in [0, 0.1) is 11.8 Å². The Morgan fingerprint density at radius 2 is 1.62 bits per heavy atom. The Morgan fingerprint density at radius 1 is 1.00 bits per heavy atom. The van der Waals surface area contributed by atoms with Gasteiger partial charge >= 0.3 is 12.1 Å². The molecule has 2 aromatic rings. The number of nitrogens with one attached hydrogen (secondary N) is 2. The van der Waals surface area contributed by atoms with Crippen LogP contribution in [0.1, 0.15) is 56.6 Å². The third-order valence-electron chi connectivity index (χ3n) is 6.79. The number of ether oxygens (including phenoxy) is 1. The topological polar surface area (TPSA) is 105 Å². The summed E-state index contributed by atoms with van der Waals surface area (Å²) in [7, 11) is 0. The SMILES string of the molecule is CC(C)C[C@H](NC(=O)[C@@H]1CC[C@H](NC(=O)OCC2c3ccccc3-c3ccccc32)C1)C(=O)O. The molecule has 0 aliphatic heterocycles. The zero-order valence-corrected chi connectivity index (χ0v) is 19.6. The highest BCUT2D eigenvalue weighted by Crippen LogP contribution is 2.44. The monoisotopic (exact) mass is 464 g/mol. The van der Waals surface area contributed by atoms with Gasteiger partial charge in [-0.3, -0.25) is 4.79 Å². The van der Waals surface area contributed by atoms with Gasteiger partial charge in [-0.05, 0) is 53.9 Å². The number of rotatable bonds is 8. The lowest BCUT2D eigenvalue weighted by Crippen LogP contribution is -2.44. The number of hydrogen-bond acceptors (Lipinski definition) is 4. The van der Waals surface area contributed by atoms with Crippen molar-refractivity contribution in [1.82, 2.24) is 10.6 Å². The number of amides is 2. The first-order chi connectivity index (χ1) is 16.3. The van der Waals surface area contributed by atoms with Gasteiger partial charge in [0.1, 0.15) is 12.6 Å². The maximum Gasteiger partial charge on any atom is 0.407 e. The van der Waals surface area contributed by atoms with Gasteiger partial charge in [0.25, 0.3) is 0 Å². The van der Waals surface area contributed by atoms with Crippen LogP contribution in [0.3, 0.4) is 0 Å². The number of fused-ring (bicyclic) bond motifs is 3. The summed E-state index contributed by atoms with van der Waals surface area (Å²) in [6, 6.07) is 15.3. The van der Waals surface area contributed by atoms with E-state index in [1.807, 2.05) is 38.1 Å². The number of carboxylic acid groups (broad SMARTS) is 1. The Labute approximate surface area is 199 Å². The normalized spacial score (nSPS) is 19.9. The predicted molar refractivity (Wildman–Crippen MR) is 128 cm³/mol. The Hall–Kier alpha value is -3.35. The Balaban J connectivity index is 1.29. The summed E-state index contributed by atoms with van der Waals surface area (Å²) < 4.78 is 5.61. The second kappa shape index (κ2) is 10.3. The maximum atomic E-state index is 12.6. The van der Waals surface area contributed by atoms with Crippen molar-refractivity contribution < 1.29 is 24.2 Å². The van der Waals surface area contributed by atoms with Crippen LogP contribution in [-0.2, 0) is 14.3 Å². The highest BCUT2D eigenvalue weighted by molar-refractivity contribution is 5.85. The molecule has 7 heteroatoms. The van der Waals surface area contributed by atoms with E-state index in [4.69, 9.17) is 4.74 Å². The summed E-state index contributed by atoms with van der Waals surface area (Å²) in [5.74, 6) is -1.44. The van der Waals surface area contributed by atoms with E-state index in [0.29, 0.717) is 25.7 Å². The molecule has 0 spiro atoms. The summed E-state index contributed by atoms with van der Waals surface area (Å²) in [5.41, 5.74) is 4.66. The smallest absolute Gasteiger partial charge is 0.407 e. The minimum absolute atomic E-state index is 0.00540. The number of carbonyl (C=O) groups excluding carboxylic acids is 2. The van der Waals surface area contributed by atoms with Crippen molar-refractivity contribution in [3.05, 3.63) is 59.7 Å². The molecule has 4 rings (SSSR count). The van der Waals surface area contributed by atoms with Crippen molar-refractivity contribution in [3.63, 3.8) is 0 Å². The van der Waals surface area contributed by atoms with Gasteiger partial charge in [-0.15, -0.1) is 0 Å². The van der Waals surface area contributed by atoms with Gasteiger partial charge in [-0.1, -0.05) is 62.4 Å². The van der Waals surface area contributed by atoms with Crippen LogP contribution in [0.4, 0.5) is 4.79 Å². The average Bonchev–Trinajstić information content (AvgIpc) is 3.39. The molecule has 0 unspecified atom stereocenters. The second-order valence-corrected chi connectivity index (χ2v) is 9.71. The van der Waals surface area contributed by atoms with Crippen molar-refractivity contribution in [2.75, 3.05) is 6.61 Å². The number of hydrogen-bond donors (Lipinski definition) is 3. The van der Waals surface area contributed by atoms with Gasteiger partial charge in [-0.25, -0.2) is 9.59 Å². The van der Waals surface area contributed by atoms with Crippen LogP contribution in [0.2, 0.25) is 0 Å². The molecule has 0 heterocycles. The quantitative estimate of drug-likeness (QED) is 0.540. The number of alkyl carbamates (subject to hydrolysis) is 1. The molecule has 0 bridgehead atoms. The van der Waals surface area contributed by atoms with E-state index < -0.39 is 18.1 Å². The molecular weight excluding hydrogens is 432 g/mol. The summed E-state index contributed by atoms with van der Waals surface area (Å²) in [5, 5.41) is 14.9. The molecule has 180 valence electrons. The van der Waals surface area contributed by atoms with Gasteiger partial charge < -0.3 is 20.5 Å². The summed E-state index contributed by atoms with van der Waals surface area (Å²) in [6.07, 6.45) is 1.63. The standard InChI is InChI=1S/C27H32N2O5/c1-16(2)13-24(26(31)32)29-25(30)17-11-12-18(14-17)28-27(33)34-15-23-21-9-5-3-7-19(21)20-8-4-6-10-22(20)23/h3-10,16-18,23-24H,11-15H2,1-2H3,(H,28,33)(H,29,30)(H,31,32)/t17-,18+,24+/m1/s1. The highest BCUT2D eigenvalue weighted by atomic mass is 16.5. The molecule has 2 aromatic carbocycles. The number of benzene rings is 2. The van der Waals surface area contributed by atoms with Crippen LogP contribution < -0.4 is 10.6 Å². The third kappa shape index (κ3) is 5.24. The molecule has 2 aliphatic carbocycles. The first-order valence-corrected chi connectivity index (χ1v) is 12.0. The molecule has 7 nitrogen and oxygen atoms in total. The van der Waals surface area contributed by atoms with E-state index >= 15 is 0 Å². The third-order valence-corrected chi connectivity index (χ3v) is 6.79. The maximum absolute atomic E-state index is 12.6. The van der Waals surface area contributed by atoms with Crippen LogP contribution >= 0.6 is 0 Å². The van der Waals surface area contributed by atoms with E-state index in [2.05, 4.69) is 34.9 Å². The van der Waals surface area contributed by atoms with E-state index in [9.17, 15) is 19.5 Å². The van der Waals surface area contributed by atoms with Gasteiger partial charge in [0.2, 0.25) is 5.91 Å². The summed E-state index contributed by atoms with van der Waals surface area (Å²) in [4.78, 5) is 36.6. The van der Waals surface area contributed by atoms with Crippen LogP contribution in [0.15, 0.2) is 48.5 Å². The lowest BCUT2D eigenvalue weighted by Gasteiger charge is -2.19. The zero-order chi connectivity index (χ0) is 24.2. The summed E-state index contributed by atoms with van der Waals surface area (Å²) >= 11 is 0. The lowest BCUT2D eigenvalue weighted by molar-refractivity contribution is -0.142. The van der Waals surface area contributed by atoms with Crippen molar-refractivity contribution in [3.8, 4) is 11.1 Å². The Morgan fingerprint density at radius 3 is 2.21 bits per heavy atom. The molecule has 3 atom stereocenters. The van der Waals surface area contributed by atoms with Gasteiger partial charge in [0.05, 0.1) is 0 Å². The molecular formula is C27H32N2O5. The Kier molecular flexibility index (Phi) is 7.20. The van der Waals surface area contributed by atoms with Crippen molar-refractivity contribution in [2.45, 2.75) is 57.5 Å². The predicted octanol–water partition coefficient (Wildman–Crippen LogP) is 4.31. The fraction of sp³-hybridized carbons (Fsp3) is 0.444. The summed E-state index contributed by atoms with van der Waals surface area (Å²) in [6.45, 7) is 4.09. The van der Waals surface area contributed by atoms with E-state index in [1.54, 1.807) is 0 Å². The van der Waals surface area contributed by atoms with Crippen LogP contribution in [0.5, 0.6) is 0 Å². The Bertz CT molecular complexity index is 1020. The van der Waals surface area contributed by atoms with Crippen molar-refractivity contribution in [2.24, 2.45) is 11.8 Å². The van der Waals surface area contributed by atoms with Crippen molar-refractivity contribution in [1.29, 1.82) is 0 Å². The molecule has 0 aromatic heterocycles. The number of aliphatic carboxylic acids is 1. The van der Waals surface area contributed by atoms with Crippen LogP contribution in [-0.4, -0.2) is 41.8 Å². The number of carbonyl (C=O) groups is 3. The zero-order valence-electron chi connectivity index (χ0n) is 19.6. The van der Waals surface area contributed by atoms with E-state index in [1.165, 1.54) is 11.1 Å². The minimum atomic E-state index is -1.02. The van der Waals surface area contributed by atoms with Gasteiger partial charge in [0.15, 0.2) is 0 Å². The molecule has 2 amide bonds. The van der Waals surface area contributed by atoms with Gasteiger partial charge in [0, 0.05) is 17.9 Å². The highest BCUT2D eigenvalue weighted by Gasteiger charge is 2.34.